The van der Waals surface area contributed by atoms with Gasteiger partial charge in [-0.3, -0.25) is 9.39 Å². The monoisotopic (exact) mass is 461 g/mol. The Hall–Kier alpha value is -3.52. The Kier molecular flexibility index (Phi) is 5.85. The lowest BCUT2D eigenvalue weighted by molar-refractivity contribution is 1.07. The number of hydrogen-bond acceptors (Lipinski definition) is 6. The largest absolute Gasteiger partial charge is 0.404 e. The van der Waals surface area contributed by atoms with Crippen LogP contribution in [0.2, 0.25) is 0 Å². The minimum Gasteiger partial charge on any atom is -0.404 e. The van der Waals surface area contributed by atoms with Crippen LogP contribution in [0.3, 0.4) is 0 Å². The Labute approximate surface area is 182 Å². The summed E-state index contributed by atoms with van der Waals surface area (Å²) in [4.78, 5) is 17.2. The van der Waals surface area contributed by atoms with Crippen LogP contribution in [0.1, 0.15) is 11.1 Å². The van der Waals surface area contributed by atoms with Crippen LogP contribution in [0.4, 0.5) is 5.82 Å². The van der Waals surface area contributed by atoms with Gasteiger partial charge in [-0.05, 0) is 23.3 Å². The number of benzene rings is 1. The molecule has 0 saturated heterocycles. The molecule has 4 rings (SSSR count). The van der Waals surface area contributed by atoms with Crippen molar-refractivity contribution in [2.45, 2.75) is 6.54 Å². The third-order valence-corrected chi connectivity index (χ3v) is 5.11. The summed E-state index contributed by atoms with van der Waals surface area (Å²) in [6.07, 6.45) is 8.64. The predicted octanol–water partition coefficient (Wildman–Crippen LogP) is 4.17. The molecule has 0 bridgehead atoms. The zero-order valence-corrected chi connectivity index (χ0v) is 17.9. The molecule has 4 aromatic rings. The van der Waals surface area contributed by atoms with E-state index >= 15 is 0 Å². The number of aromatic nitrogens is 4. The van der Waals surface area contributed by atoms with E-state index in [1.54, 1.807) is 25.8 Å². The van der Waals surface area contributed by atoms with Gasteiger partial charge in [0.2, 0.25) is 0 Å². The molecule has 0 fully saturated rings. The number of fused-ring (bicyclic) bond motifs is 1. The lowest BCUT2D eigenvalue weighted by Gasteiger charge is -2.08. The van der Waals surface area contributed by atoms with Gasteiger partial charge in [0, 0.05) is 48.3 Å². The first-order chi connectivity index (χ1) is 14.7. The van der Waals surface area contributed by atoms with E-state index in [9.17, 15) is 0 Å². The molecule has 8 heteroatoms. The average molecular weight is 462 g/mol. The van der Waals surface area contributed by atoms with Crippen molar-refractivity contribution >= 4 is 39.2 Å². The molecule has 3 aromatic heterocycles. The molecule has 0 aliphatic heterocycles. The van der Waals surface area contributed by atoms with Crippen LogP contribution in [0.5, 0.6) is 0 Å². The summed E-state index contributed by atoms with van der Waals surface area (Å²) in [5, 5.41) is 3.35. The highest BCUT2D eigenvalue weighted by atomic mass is 79.9. The molecule has 150 valence electrons. The van der Waals surface area contributed by atoms with Crippen molar-refractivity contribution in [1.82, 2.24) is 19.4 Å². The normalized spacial score (nSPS) is 12.0. The molecule has 0 aliphatic rings. The summed E-state index contributed by atoms with van der Waals surface area (Å²) >= 11 is 3.47. The molecule has 0 spiro atoms. The van der Waals surface area contributed by atoms with Crippen molar-refractivity contribution in [1.29, 1.82) is 0 Å². The average Bonchev–Trinajstić information content (AvgIpc) is 3.20. The number of aliphatic imine (C=N–C) groups is 1. The summed E-state index contributed by atoms with van der Waals surface area (Å²) in [6.45, 7) is 0.639. The minimum atomic E-state index is 0.639. The second-order valence-electron chi connectivity index (χ2n) is 6.56. The van der Waals surface area contributed by atoms with E-state index in [4.69, 9.17) is 5.73 Å². The number of allylic oxidation sites excluding steroid dienone is 1. The van der Waals surface area contributed by atoms with Crippen molar-refractivity contribution in [3.05, 3.63) is 83.0 Å². The SMILES string of the molecule is CN=C/C(=C\N)c1ccc(CNc2cc(-c3cnc4cc(Br)ccn34)ncn2)cc1. The van der Waals surface area contributed by atoms with Crippen LogP contribution in [0, 0.1) is 0 Å². The highest BCUT2D eigenvalue weighted by Gasteiger charge is 2.09. The molecule has 3 heterocycles. The number of nitrogens with two attached hydrogens (primary N) is 1. The molecule has 1 aromatic carbocycles. The maximum absolute atomic E-state index is 5.67. The number of nitrogens with zero attached hydrogens (tertiary/aromatic N) is 5. The van der Waals surface area contributed by atoms with Crippen molar-refractivity contribution in [3.63, 3.8) is 0 Å². The molecule has 30 heavy (non-hydrogen) atoms. The van der Waals surface area contributed by atoms with Crippen LogP contribution >= 0.6 is 15.9 Å². The number of halogens is 1. The van der Waals surface area contributed by atoms with Gasteiger partial charge in [0.05, 0.1) is 17.6 Å². The van der Waals surface area contributed by atoms with E-state index < -0.39 is 0 Å². The number of rotatable bonds is 6. The van der Waals surface area contributed by atoms with Gasteiger partial charge in [-0.2, -0.15) is 0 Å². The van der Waals surface area contributed by atoms with Crippen LogP contribution in [0.15, 0.2) is 76.9 Å². The third-order valence-electron chi connectivity index (χ3n) is 4.61. The summed E-state index contributed by atoms with van der Waals surface area (Å²) in [5.41, 5.74) is 11.3. The first-order valence-corrected chi connectivity index (χ1v) is 10.1. The molecule has 0 radical (unpaired) electrons. The zero-order chi connectivity index (χ0) is 20.9. The molecule has 0 aliphatic carbocycles. The van der Waals surface area contributed by atoms with E-state index in [1.165, 1.54) is 0 Å². The van der Waals surface area contributed by atoms with Crippen LogP contribution in [-0.2, 0) is 6.54 Å². The standard InChI is InChI=1S/C22H20BrN7/c1-25-12-17(10-24)16-4-2-15(3-5-16)11-26-21-9-19(28-14-29-21)20-13-27-22-8-18(23)6-7-30(20)22/h2-10,12-14H,11,24H2,1H3,(H,26,28,29)/b17-10+,25-12?. The molecule has 0 unspecified atom stereocenters. The topological polar surface area (TPSA) is 93.5 Å². The fraction of sp³-hybridized carbons (Fsp3) is 0.0909. The minimum absolute atomic E-state index is 0.639. The third kappa shape index (κ3) is 4.23. The lowest BCUT2D eigenvalue weighted by Crippen LogP contribution is -2.03. The van der Waals surface area contributed by atoms with Gasteiger partial charge in [0.15, 0.2) is 0 Å². The Bertz CT molecular complexity index is 1230. The number of nitrogens with one attached hydrogen (secondary N) is 1. The maximum atomic E-state index is 5.67. The number of anilines is 1. The second kappa shape index (κ2) is 8.87. The zero-order valence-electron chi connectivity index (χ0n) is 16.3. The number of pyridine rings is 1. The highest BCUT2D eigenvalue weighted by molar-refractivity contribution is 9.10. The van der Waals surface area contributed by atoms with E-state index in [0.29, 0.717) is 6.54 Å². The van der Waals surface area contributed by atoms with Gasteiger partial charge < -0.3 is 11.1 Å². The maximum Gasteiger partial charge on any atom is 0.138 e. The van der Waals surface area contributed by atoms with Crippen LogP contribution in [-0.4, -0.2) is 32.6 Å². The van der Waals surface area contributed by atoms with E-state index in [2.05, 4.69) is 53.3 Å². The van der Waals surface area contributed by atoms with Crippen molar-refractivity contribution in [3.8, 4) is 11.4 Å². The fourth-order valence-electron chi connectivity index (χ4n) is 3.10. The molecule has 7 nitrogen and oxygen atoms in total. The van der Waals surface area contributed by atoms with Crippen molar-refractivity contribution in [2.75, 3.05) is 12.4 Å². The Morgan fingerprint density at radius 1 is 1.17 bits per heavy atom. The van der Waals surface area contributed by atoms with E-state index in [1.807, 2.05) is 47.1 Å². The first kappa shape index (κ1) is 19.8. The Balaban J connectivity index is 1.50. The van der Waals surface area contributed by atoms with Gasteiger partial charge in [-0.1, -0.05) is 40.2 Å². The van der Waals surface area contributed by atoms with Gasteiger partial charge in [0.1, 0.15) is 17.8 Å². The summed E-state index contributed by atoms with van der Waals surface area (Å²) in [6, 6.07) is 14.0. The smallest absolute Gasteiger partial charge is 0.138 e. The quantitative estimate of drug-likeness (QED) is 0.420. The fourth-order valence-corrected chi connectivity index (χ4v) is 3.42. The summed E-state index contributed by atoms with van der Waals surface area (Å²) < 4.78 is 2.98. The Morgan fingerprint density at radius 2 is 2.00 bits per heavy atom. The molecular formula is C22H20BrN7. The van der Waals surface area contributed by atoms with Gasteiger partial charge >= 0.3 is 0 Å². The molecule has 3 N–H and O–H groups in total. The highest BCUT2D eigenvalue weighted by Crippen LogP contribution is 2.22. The first-order valence-electron chi connectivity index (χ1n) is 9.30. The van der Waals surface area contributed by atoms with Gasteiger partial charge in [0.25, 0.3) is 0 Å². The predicted molar refractivity (Wildman–Crippen MR) is 124 cm³/mol. The lowest BCUT2D eigenvalue weighted by atomic mass is 10.1. The molecular weight excluding hydrogens is 442 g/mol. The summed E-state index contributed by atoms with van der Waals surface area (Å²) in [5.74, 6) is 0.747. The summed E-state index contributed by atoms with van der Waals surface area (Å²) in [7, 11) is 1.73. The molecule has 0 amide bonds. The number of imidazole rings is 1. The van der Waals surface area contributed by atoms with Crippen LogP contribution in [0.25, 0.3) is 22.6 Å². The van der Waals surface area contributed by atoms with E-state index in [0.717, 1.165) is 44.0 Å². The van der Waals surface area contributed by atoms with Gasteiger partial charge in [-0.15, -0.1) is 0 Å². The molecule has 0 saturated carbocycles. The van der Waals surface area contributed by atoms with E-state index in [-0.39, 0.29) is 0 Å². The van der Waals surface area contributed by atoms with Gasteiger partial charge in [-0.25, -0.2) is 15.0 Å². The van der Waals surface area contributed by atoms with Crippen LogP contribution < -0.4 is 11.1 Å². The van der Waals surface area contributed by atoms with Crippen molar-refractivity contribution < 1.29 is 0 Å². The molecule has 0 atom stereocenters. The second-order valence-corrected chi connectivity index (χ2v) is 7.48. The number of hydrogen-bond donors (Lipinski definition) is 2. The Morgan fingerprint density at radius 3 is 2.77 bits per heavy atom. The van der Waals surface area contributed by atoms with Crippen molar-refractivity contribution in [2.24, 2.45) is 10.7 Å².